The molecule has 1 amide bonds. The van der Waals surface area contributed by atoms with Crippen LogP contribution in [0, 0.1) is 0 Å². The molecule has 0 spiro atoms. The van der Waals surface area contributed by atoms with E-state index < -0.39 is 5.91 Å². The molecule has 0 aliphatic carbocycles. The Hall–Kier alpha value is -1.10. The Kier molecular flexibility index (Phi) is 5.97. The molecule has 1 aromatic heterocycles. The molecule has 0 fully saturated rings. The number of nitrogens with zero attached hydrogens (tertiary/aromatic N) is 2. The highest BCUT2D eigenvalue weighted by Crippen LogP contribution is 2.21. The van der Waals surface area contributed by atoms with Gasteiger partial charge >= 0.3 is 0 Å². The van der Waals surface area contributed by atoms with Crippen LogP contribution in [-0.4, -0.2) is 21.6 Å². The van der Waals surface area contributed by atoms with E-state index in [2.05, 4.69) is 23.8 Å². The quantitative estimate of drug-likeness (QED) is 0.758. The number of aromatic nitrogens is 2. The molecule has 1 rings (SSSR count). The van der Waals surface area contributed by atoms with Crippen LogP contribution in [0.25, 0.3) is 0 Å². The van der Waals surface area contributed by atoms with Crippen molar-refractivity contribution in [3.05, 3.63) is 17.6 Å². The Bertz CT molecular complexity index is 382. The first-order chi connectivity index (χ1) is 8.19. The van der Waals surface area contributed by atoms with Gasteiger partial charge in [0.1, 0.15) is 10.7 Å². The topological polar surface area (TPSA) is 68.9 Å². The van der Waals surface area contributed by atoms with Crippen molar-refractivity contribution in [1.82, 2.24) is 9.97 Å². The molecular formula is C12H19N3OS. The van der Waals surface area contributed by atoms with Crippen LogP contribution in [0.4, 0.5) is 0 Å². The lowest BCUT2D eigenvalue weighted by molar-refractivity contribution is 0.0994. The smallest absolute Gasteiger partial charge is 0.268 e. The van der Waals surface area contributed by atoms with Crippen molar-refractivity contribution in [3.63, 3.8) is 0 Å². The van der Waals surface area contributed by atoms with Crippen LogP contribution >= 0.6 is 11.8 Å². The summed E-state index contributed by atoms with van der Waals surface area (Å²) in [5.74, 6) is 0.466. The van der Waals surface area contributed by atoms with E-state index in [1.54, 1.807) is 11.8 Å². The largest absolute Gasteiger partial charge is 0.364 e. The van der Waals surface area contributed by atoms with Gasteiger partial charge in [0, 0.05) is 0 Å². The molecule has 2 N–H and O–H groups in total. The number of amides is 1. The molecule has 0 aliphatic heterocycles. The normalized spacial score (nSPS) is 10.5. The first-order valence-corrected chi connectivity index (χ1v) is 6.96. The molecule has 0 saturated heterocycles. The van der Waals surface area contributed by atoms with E-state index in [-0.39, 0.29) is 5.69 Å². The zero-order chi connectivity index (χ0) is 12.7. The fraction of sp³-hybridized carbons (Fsp3) is 0.583. The van der Waals surface area contributed by atoms with Crippen LogP contribution < -0.4 is 5.73 Å². The average Bonchev–Trinajstić information content (AvgIpc) is 2.34. The third-order valence-electron chi connectivity index (χ3n) is 2.27. The SMILES string of the molecule is CCCCc1ncc(C(N)=O)nc1SCCC. The second-order valence-corrected chi connectivity index (χ2v) is 4.91. The van der Waals surface area contributed by atoms with E-state index in [1.807, 2.05) is 0 Å². The Morgan fingerprint density at radius 3 is 2.76 bits per heavy atom. The number of unbranched alkanes of at least 4 members (excludes halogenated alkanes) is 1. The Morgan fingerprint density at radius 1 is 1.41 bits per heavy atom. The molecule has 0 unspecified atom stereocenters. The highest BCUT2D eigenvalue weighted by Gasteiger charge is 2.10. The van der Waals surface area contributed by atoms with E-state index in [4.69, 9.17) is 5.73 Å². The number of nitrogens with two attached hydrogens (primary N) is 1. The van der Waals surface area contributed by atoms with Gasteiger partial charge in [0.05, 0.1) is 11.9 Å². The van der Waals surface area contributed by atoms with E-state index in [0.29, 0.717) is 0 Å². The number of hydrogen-bond acceptors (Lipinski definition) is 4. The zero-order valence-electron chi connectivity index (χ0n) is 10.4. The second kappa shape index (κ2) is 7.27. The summed E-state index contributed by atoms with van der Waals surface area (Å²) in [6.07, 6.45) is 5.67. The van der Waals surface area contributed by atoms with Gasteiger partial charge < -0.3 is 5.73 Å². The highest BCUT2D eigenvalue weighted by atomic mass is 32.2. The van der Waals surface area contributed by atoms with E-state index in [9.17, 15) is 4.79 Å². The van der Waals surface area contributed by atoms with Crippen molar-refractivity contribution in [1.29, 1.82) is 0 Å². The molecule has 0 radical (unpaired) electrons. The zero-order valence-corrected chi connectivity index (χ0v) is 11.2. The lowest BCUT2D eigenvalue weighted by Gasteiger charge is -2.07. The number of rotatable bonds is 7. The molecule has 1 heterocycles. The van der Waals surface area contributed by atoms with Crippen LogP contribution in [0.3, 0.4) is 0 Å². The monoisotopic (exact) mass is 253 g/mol. The molecule has 0 saturated carbocycles. The van der Waals surface area contributed by atoms with Gasteiger partial charge in [-0.05, 0) is 25.0 Å². The fourth-order valence-electron chi connectivity index (χ4n) is 1.35. The van der Waals surface area contributed by atoms with Crippen LogP contribution in [-0.2, 0) is 6.42 Å². The molecule has 0 aliphatic rings. The van der Waals surface area contributed by atoms with Gasteiger partial charge in [0.15, 0.2) is 0 Å². The predicted molar refractivity (Wildman–Crippen MR) is 70.2 cm³/mol. The number of aryl methyl sites for hydroxylation is 1. The summed E-state index contributed by atoms with van der Waals surface area (Å²) >= 11 is 1.65. The third kappa shape index (κ3) is 4.34. The minimum Gasteiger partial charge on any atom is -0.364 e. The summed E-state index contributed by atoms with van der Waals surface area (Å²) in [7, 11) is 0. The molecular weight excluding hydrogens is 234 g/mol. The van der Waals surface area contributed by atoms with Gasteiger partial charge in [-0.15, -0.1) is 11.8 Å². The van der Waals surface area contributed by atoms with Gasteiger partial charge in [-0.3, -0.25) is 9.78 Å². The summed E-state index contributed by atoms with van der Waals surface area (Å²) in [5, 5.41) is 0.858. The van der Waals surface area contributed by atoms with Crippen LogP contribution in [0.1, 0.15) is 49.3 Å². The van der Waals surface area contributed by atoms with Crippen molar-refractivity contribution >= 4 is 17.7 Å². The Morgan fingerprint density at radius 2 is 2.18 bits per heavy atom. The molecule has 4 nitrogen and oxygen atoms in total. The van der Waals surface area contributed by atoms with Gasteiger partial charge in [0.2, 0.25) is 0 Å². The van der Waals surface area contributed by atoms with Crippen LogP contribution in [0.2, 0.25) is 0 Å². The van der Waals surface area contributed by atoms with Crippen molar-refractivity contribution < 1.29 is 4.79 Å². The summed E-state index contributed by atoms with van der Waals surface area (Å²) in [6, 6.07) is 0. The van der Waals surface area contributed by atoms with Crippen molar-refractivity contribution in [2.75, 3.05) is 5.75 Å². The first kappa shape index (κ1) is 14.0. The summed E-state index contributed by atoms with van der Waals surface area (Å²) in [5.41, 5.74) is 6.45. The maximum atomic E-state index is 11.1. The maximum Gasteiger partial charge on any atom is 0.268 e. The maximum absolute atomic E-state index is 11.1. The molecule has 0 aromatic carbocycles. The van der Waals surface area contributed by atoms with E-state index in [0.717, 1.165) is 42.2 Å². The molecule has 94 valence electrons. The minimum atomic E-state index is -0.516. The van der Waals surface area contributed by atoms with E-state index in [1.165, 1.54) is 6.20 Å². The van der Waals surface area contributed by atoms with Gasteiger partial charge in [-0.2, -0.15) is 0 Å². The Balaban J connectivity index is 2.90. The van der Waals surface area contributed by atoms with Gasteiger partial charge in [0.25, 0.3) is 5.91 Å². The van der Waals surface area contributed by atoms with Gasteiger partial charge in [-0.1, -0.05) is 20.3 Å². The highest BCUT2D eigenvalue weighted by molar-refractivity contribution is 7.99. The van der Waals surface area contributed by atoms with Crippen molar-refractivity contribution in [3.8, 4) is 0 Å². The predicted octanol–water partition coefficient (Wildman–Crippen LogP) is 2.42. The standard InChI is InChI=1S/C12H19N3OS/c1-3-5-6-9-12(17-7-4-2)15-10(8-14-9)11(13)16/h8H,3-7H2,1-2H3,(H2,13,16). The molecule has 17 heavy (non-hydrogen) atoms. The fourth-order valence-corrected chi connectivity index (χ4v) is 2.23. The number of thioether (sulfide) groups is 1. The van der Waals surface area contributed by atoms with Crippen LogP contribution in [0.5, 0.6) is 0 Å². The molecule has 5 heteroatoms. The lowest BCUT2D eigenvalue weighted by atomic mass is 10.2. The molecule has 1 aromatic rings. The number of carbonyl (C=O) groups is 1. The van der Waals surface area contributed by atoms with E-state index >= 15 is 0 Å². The third-order valence-corrected chi connectivity index (χ3v) is 3.49. The molecule has 0 bridgehead atoms. The minimum absolute atomic E-state index is 0.254. The summed E-state index contributed by atoms with van der Waals surface area (Å²) < 4.78 is 0. The molecule has 0 atom stereocenters. The van der Waals surface area contributed by atoms with Crippen LogP contribution in [0.15, 0.2) is 11.2 Å². The van der Waals surface area contributed by atoms with Gasteiger partial charge in [-0.25, -0.2) is 4.98 Å². The second-order valence-electron chi connectivity index (χ2n) is 3.82. The first-order valence-electron chi connectivity index (χ1n) is 5.97. The summed E-state index contributed by atoms with van der Waals surface area (Å²) in [4.78, 5) is 19.7. The summed E-state index contributed by atoms with van der Waals surface area (Å²) in [6.45, 7) is 4.26. The Labute approximate surface area is 106 Å². The number of hydrogen-bond donors (Lipinski definition) is 1. The lowest BCUT2D eigenvalue weighted by Crippen LogP contribution is -2.15. The van der Waals surface area contributed by atoms with Crippen molar-refractivity contribution in [2.24, 2.45) is 5.73 Å². The number of primary amides is 1. The van der Waals surface area contributed by atoms with Crippen molar-refractivity contribution in [2.45, 2.75) is 44.6 Å². The number of carbonyl (C=O) groups excluding carboxylic acids is 1. The average molecular weight is 253 g/mol.